The molecule has 5 nitrogen and oxygen atoms in total. The molecule has 0 spiro atoms. The van der Waals surface area contributed by atoms with E-state index in [-0.39, 0.29) is 0 Å². The lowest BCUT2D eigenvalue weighted by atomic mass is 10.3. The molecule has 0 bridgehead atoms. The van der Waals surface area contributed by atoms with Gasteiger partial charge in [-0.1, -0.05) is 23.2 Å². The molecule has 1 aromatic carbocycles. The Kier molecular flexibility index (Phi) is 5.68. The average molecular weight is 312 g/mol. The van der Waals surface area contributed by atoms with E-state index in [0.29, 0.717) is 35.2 Å². The monoisotopic (exact) mass is 311 g/mol. The fourth-order valence-electron chi connectivity index (χ4n) is 1.27. The van der Waals surface area contributed by atoms with E-state index in [2.05, 4.69) is 4.72 Å². The summed E-state index contributed by atoms with van der Waals surface area (Å²) in [7, 11) is -2.13. The topological polar surface area (TPSA) is 75.4 Å². The van der Waals surface area contributed by atoms with Crippen molar-refractivity contribution < 1.29 is 8.42 Å². The largest absolute Gasteiger partial charge is 0.330 e. The van der Waals surface area contributed by atoms with Crippen LogP contribution in [0.25, 0.3) is 0 Å². The second-order valence-electron chi connectivity index (χ2n) is 3.73. The smallest absolute Gasteiger partial charge is 0.301 e. The number of hydrogen-bond acceptors (Lipinski definition) is 3. The maximum Gasteiger partial charge on any atom is 0.301 e. The highest BCUT2D eigenvalue weighted by Crippen LogP contribution is 2.23. The SMILES string of the molecule is CN(CCCN)S(=O)(=O)Nc1cc(Cl)cc(Cl)c1. The number of benzene rings is 1. The third-order valence-corrected chi connectivity index (χ3v) is 4.13. The van der Waals surface area contributed by atoms with Gasteiger partial charge in [-0.05, 0) is 31.2 Å². The van der Waals surface area contributed by atoms with Gasteiger partial charge in [-0.2, -0.15) is 12.7 Å². The molecule has 0 fully saturated rings. The Morgan fingerprint density at radius 3 is 2.33 bits per heavy atom. The molecule has 0 aliphatic heterocycles. The third-order valence-electron chi connectivity index (χ3n) is 2.20. The van der Waals surface area contributed by atoms with E-state index in [0.717, 1.165) is 0 Å². The van der Waals surface area contributed by atoms with E-state index in [1.54, 1.807) is 0 Å². The molecule has 0 heterocycles. The molecule has 102 valence electrons. The molecule has 18 heavy (non-hydrogen) atoms. The minimum absolute atomic E-state index is 0.326. The van der Waals surface area contributed by atoms with Crippen LogP contribution in [0.4, 0.5) is 5.69 Å². The fourth-order valence-corrected chi connectivity index (χ4v) is 2.74. The standard InChI is InChI=1S/C10H15Cl2N3O2S/c1-15(4-2-3-13)18(16,17)14-10-6-8(11)5-9(12)7-10/h5-7,14H,2-4,13H2,1H3. The molecule has 0 saturated heterocycles. The van der Waals surface area contributed by atoms with Crippen LogP contribution in [-0.4, -0.2) is 32.9 Å². The van der Waals surface area contributed by atoms with Gasteiger partial charge in [0.1, 0.15) is 0 Å². The number of rotatable bonds is 6. The van der Waals surface area contributed by atoms with Crippen molar-refractivity contribution in [3.05, 3.63) is 28.2 Å². The quantitative estimate of drug-likeness (QED) is 0.843. The van der Waals surface area contributed by atoms with Crippen molar-refractivity contribution in [1.82, 2.24) is 4.31 Å². The van der Waals surface area contributed by atoms with Gasteiger partial charge in [0, 0.05) is 23.6 Å². The van der Waals surface area contributed by atoms with Crippen molar-refractivity contribution in [3.8, 4) is 0 Å². The molecule has 0 unspecified atom stereocenters. The minimum atomic E-state index is -3.61. The number of hydrogen-bond donors (Lipinski definition) is 2. The molecule has 3 N–H and O–H groups in total. The summed E-state index contributed by atoms with van der Waals surface area (Å²) in [5, 5.41) is 0.731. The van der Waals surface area contributed by atoms with Crippen LogP contribution in [0.3, 0.4) is 0 Å². The Hall–Kier alpha value is -0.530. The highest BCUT2D eigenvalue weighted by molar-refractivity contribution is 7.90. The lowest BCUT2D eigenvalue weighted by Crippen LogP contribution is -2.34. The van der Waals surface area contributed by atoms with Gasteiger partial charge >= 0.3 is 10.2 Å². The van der Waals surface area contributed by atoms with Gasteiger partial charge in [0.05, 0.1) is 5.69 Å². The van der Waals surface area contributed by atoms with Crippen molar-refractivity contribution in [2.24, 2.45) is 5.73 Å². The van der Waals surface area contributed by atoms with Crippen LogP contribution < -0.4 is 10.5 Å². The van der Waals surface area contributed by atoms with E-state index >= 15 is 0 Å². The highest BCUT2D eigenvalue weighted by Gasteiger charge is 2.17. The Labute approximate surface area is 117 Å². The zero-order valence-corrected chi connectivity index (χ0v) is 12.2. The molecule has 0 aliphatic rings. The van der Waals surface area contributed by atoms with Crippen LogP contribution in [0.15, 0.2) is 18.2 Å². The molecule has 1 rings (SSSR count). The molecular weight excluding hydrogens is 297 g/mol. The number of anilines is 1. The molecule has 0 amide bonds. The summed E-state index contributed by atoms with van der Waals surface area (Å²) in [5.41, 5.74) is 5.66. The second kappa shape index (κ2) is 6.58. The fraction of sp³-hybridized carbons (Fsp3) is 0.400. The van der Waals surface area contributed by atoms with Gasteiger partial charge in [-0.25, -0.2) is 0 Å². The first-order chi connectivity index (χ1) is 8.35. The van der Waals surface area contributed by atoms with Gasteiger partial charge in [0.25, 0.3) is 0 Å². The van der Waals surface area contributed by atoms with Crippen LogP contribution in [0.1, 0.15) is 6.42 Å². The van der Waals surface area contributed by atoms with E-state index in [1.165, 1.54) is 29.6 Å². The Morgan fingerprint density at radius 1 is 1.28 bits per heavy atom. The van der Waals surface area contributed by atoms with E-state index in [4.69, 9.17) is 28.9 Å². The summed E-state index contributed by atoms with van der Waals surface area (Å²) in [6, 6.07) is 4.50. The first-order valence-electron chi connectivity index (χ1n) is 5.25. The molecule has 8 heteroatoms. The summed E-state index contributed by atoms with van der Waals surface area (Å²) in [6.45, 7) is 0.781. The summed E-state index contributed by atoms with van der Waals surface area (Å²) in [6.07, 6.45) is 0.591. The maximum atomic E-state index is 11.9. The summed E-state index contributed by atoms with van der Waals surface area (Å²) in [5.74, 6) is 0. The van der Waals surface area contributed by atoms with Crippen LogP contribution in [0.5, 0.6) is 0 Å². The molecular formula is C10H15Cl2N3O2S. The van der Waals surface area contributed by atoms with Gasteiger partial charge in [0.15, 0.2) is 0 Å². The van der Waals surface area contributed by atoms with Gasteiger partial charge < -0.3 is 5.73 Å². The van der Waals surface area contributed by atoms with Crippen LogP contribution in [0.2, 0.25) is 10.0 Å². The van der Waals surface area contributed by atoms with Crippen molar-refractivity contribution in [2.75, 3.05) is 24.9 Å². The Balaban J connectivity index is 2.81. The average Bonchev–Trinajstić information content (AvgIpc) is 2.23. The van der Waals surface area contributed by atoms with Crippen molar-refractivity contribution in [2.45, 2.75) is 6.42 Å². The van der Waals surface area contributed by atoms with Crippen molar-refractivity contribution in [3.63, 3.8) is 0 Å². The van der Waals surface area contributed by atoms with Crippen molar-refractivity contribution >= 4 is 39.1 Å². The van der Waals surface area contributed by atoms with Crippen molar-refractivity contribution in [1.29, 1.82) is 0 Å². The first kappa shape index (κ1) is 15.5. The van der Waals surface area contributed by atoms with E-state index < -0.39 is 10.2 Å². The predicted octanol–water partition coefficient (Wildman–Crippen LogP) is 1.93. The van der Waals surface area contributed by atoms with Gasteiger partial charge in [0.2, 0.25) is 0 Å². The van der Waals surface area contributed by atoms with Gasteiger partial charge in [-0.15, -0.1) is 0 Å². The normalized spacial score (nSPS) is 11.8. The third kappa shape index (κ3) is 4.62. The summed E-state index contributed by atoms with van der Waals surface area (Å²) >= 11 is 11.6. The molecule has 0 atom stereocenters. The molecule has 1 aromatic rings. The van der Waals surface area contributed by atoms with Gasteiger partial charge in [-0.3, -0.25) is 4.72 Å². The summed E-state index contributed by atoms with van der Waals surface area (Å²) < 4.78 is 27.4. The van der Waals surface area contributed by atoms with E-state index in [1.807, 2.05) is 0 Å². The Morgan fingerprint density at radius 2 is 1.83 bits per heavy atom. The number of nitrogens with one attached hydrogen (secondary N) is 1. The first-order valence-corrected chi connectivity index (χ1v) is 7.45. The van der Waals surface area contributed by atoms with Crippen LogP contribution >= 0.6 is 23.2 Å². The minimum Gasteiger partial charge on any atom is -0.330 e. The lowest BCUT2D eigenvalue weighted by Gasteiger charge is -2.18. The second-order valence-corrected chi connectivity index (χ2v) is 6.38. The number of nitrogens with zero attached hydrogens (tertiary/aromatic N) is 1. The van der Waals surface area contributed by atoms with E-state index in [9.17, 15) is 8.42 Å². The lowest BCUT2D eigenvalue weighted by molar-refractivity contribution is 0.468. The zero-order valence-electron chi connectivity index (χ0n) is 9.86. The highest BCUT2D eigenvalue weighted by atomic mass is 35.5. The zero-order chi connectivity index (χ0) is 13.8. The Bertz CT molecular complexity index is 488. The maximum absolute atomic E-state index is 11.9. The van der Waals surface area contributed by atoms with Crippen LogP contribution in [0, 0.1) is 0 Å². The van der Waals surface area contributed by atoms with Crippen LogP contribution in [-0.2, 0) is 10.2 Å². The summed E-state index contributed by atoms with van der Waals surface area (Å²) in [4.78, 5) is 0. The molecule has 0 radical (unpaired) electrons. The number of nitrogens with two attached hydrogens (primary N) is 1. The molecule has 0 aromatic heterocycles. The number of halogens is 2. The predicted molar refractivity (Wildman–Crippen MR) is 75.3 cm³/mol. The molecule has 0 saturated carbocycles. The molecule has 0 aliphatic carbocycles.